The first-order chi connectivity index (χ1) is 16.4. The molecule has 0 unspecified atom stereocenters. The van der Waals surface area contributed by atoms with Crippen molar-refractivity contribution in [3.05, 3.63) is 46.0 Å². The standard InChI is InChI=1S/C27H40N4O4/c1-7-34-24(32)22(17-28)18-11-20(15-26(3,4)13-18)30-9-10-31-21-12-19(14-27(5,6)16-21)23(29)25(33)35-8-2/h11-12,30-31H,7-10,13-16,29H2,1-6H3/b22-18+,23-19+. The topological polar surface area (TPSA) is 126 Å². The van der Waals surface area contributed by atoms with E-state index in [-0.39, 0.29) is 35.3 Å². The van der Waals surface area contributed by atoms with Gasteiger partial charge in [-0.15, -0.1) is 0 Å². The lowest BCUT2D eigenvalue weighted by atomic mass is 9.76. The predicted molar refractivity (Wildman–Crippen MR) is 135 cm³/mol. The first-order valence-electron chi connectivity index (χ1n) is 12.3. The minimum absolute atomic E-state index is 0.0344. The first-order valence-corrected chi connectivity index (χ1v) is 12.3. The molecule has 0 aromatic heterocycles. The van der Waals surface area contributed by atoms with Crippen LogP contribution in [0.5, 0.6) is 0 Å². The number of nitrogens with zero attached hydrogens (tertiary/aromatic N) is 1. The lowest BCUT2D eigenvalue weighted by Crippen LogP contribution is -2.33. The van der Waals surface area contributed by atoms with E-state index in [2.05, 4.69) is 38.3 Å². The van der Waals surface area contributed by atoms with E-state index in [4.69, 9.17) is 15.2 Å². The summed E-state index contributed by atoms with van der Waals surface area (Å²) in [4.78, 5) is 24.3. The Balaban J connectivity index is 2.10. The quantitative estimate of drug-likeness (QED) is 0.196. The van der Waals surface area contributed by atoms with Crippen LogP contribution in [-0.4, -0.2) is 38.2 Å². The van der Waals surface area contributed by atoms with Crippen LogP contribution in [0.2, 0.25) is 0 Å². The van der Waals surface area contributed by atoms with Gasteiger partial charge in [0.1, 0.15) is 17.3 Å². The van der Waals surface area contributed by atoms with Crippen molar-refractivity contribution < 1.29 is 19.1 Å². The molecule has 8 heteroatoms. The smallest absolute Gasteiger partial charge is 0.354 e. The van der Waals surface area contributed by atoms with Gasteiger partial charge < -0.3 is 25.8 Å². The molecule has 0 amide bonds. The zero-order valence-electron chi connectivity index (χ0n) is 22.0. The summed E-state index contributed by atoms with van der Waals surface area (Å²) in [7, 11) is 0. The summed E-state index contributed by atoms with van der Waals surface area (Å²) in [6.45, 7) is 13.9. The lowest BCUT2D eigenvalue weighted by Gasteiger charge is -2.33. The molecule has 2 rings (SSSR count). The summed E-state index contributed by atoms with van der Waals surface area (Å²) < 4.78 is 10.1. The number of nitrogens with two attached hydrogens (primary N) is 1. The number of rotatable bonds is 9. The van der Waals surface area contributed by atoms with Crippen LogP contribution in [0.15, 0.2) is 46.0 Å². The van der Waals surface area contributed by atoms with Crippen LogP contribution >= 0.6 is 0 Å². The summed E-state index contributed by atoms with van der Waals surface area (Å²) in [5.74, 6) is -1.05. The van der Waals surface area contributed by atoms with Crippen LogP contribution in [0.25, 0.3) is 0 Å². The molecule has 0 saturated carbocycles. The van der Waals surface area contributed by atoms with Gasteiger partial charge >= 0.3 is 11.9 Å². The zero-order valence-corrected chi connectivity index (χ0v) is 22.0. The van der Waals surface area contributed by atoms with Gasteiger partial charge in [0.2, 0.25) is 0 Å². The molecule has 0 aromatic carbocycles. The number of carbonyl (C=O) groups is 2. The molecule has 0 spiro atoms. The molecule has 0 saturated heterocycles. The molecule has 2 aliphatic carbocycles. The third-order valence-corrected chi connectivity index (χ3v) is 5.96. The number of esters is 2. The van der Waals surface area contributed by atoms with Gasteiger partial charge in [0, 0.05) is 24.5 Å². The summed E-state index contributed by atoms with van der Waals surface area (Å²) in [6.07, 6.45) is 6.87. The molecular formula is C27H40N4O4. The van der Waals surface area contributed by atoms with Crippen LogP contribution in [-0.2, 0) is 19.1 Å². The van der Waals surface area contributed by atoms with E-state index >= 15 is 0 Å². The Hall–Kier alpha value is -3.21. The Morgan fingerprint density at radius 2 is 1.34 bits per heavy atom. The van der Waals surface area contributed by atoms with Crippen LogP contribution in [0, 0.1) is 22.2 Å². The molecule has 0 fully saturated rings. The van der Waals surface area contributed by atoms with Crippen molar-refractivity contribution in [2.45, 2.75) is 67.2 Å². The molecule has 8 nitrogen and oxygen atoms in total. The maximum atomic E-state index is 12.2. The molecule has 192 valence electrons. The van der Waals surface area contributed by atoms with E-state index in [1.165, 1.54) is 0 Å². The lowest BCUT2D eigenvalue weighted by molar-refractivity contribution is -0.139. The van der Waals surface area contributed by atoms with Crippen molar-refractivity contribution in [3.8, 4) is 6.07 Å². The van der Waals surface area contributed by atoms with E-state index < -0.39 is 11.9 Å². The van der Waals surface area contributed by atoms with Crippen molar-refractivity contribution >= 4 is 11.9 Å². The molecule has 0 aliphatic heterocycles. The van der Waals surface area contributed by atoms with Gasteiger partial charge in [-0.2, -0.15) is 5.26 Å². The van der Waals surface area contributed by atoms with Crippen molar-refractivity contribution in [2.24, 2.45) is 16.6 Å². The average molecular weight is 485 g/mol. The molecule has 0 atom stereocenters. The van der Waals surface area contributed by atoms with Crippen LogP contribution in [0.3, 0.4) is 0 Å². The summed E-state index contributed by atoms with van der Waals surface area (Å²) in [6, 6.07) is 2.03. The molecule has 0 heterocycles. The molecule has 0 bridgehead atoms. The summed E-state index contributed by atoms with van der Waals surface area (Å²) in [5, 5.41) is 16.5. The van der Waals surface area contributed by atoms with E-state index in [0.29, 0.717) is 31.5 Å². The van der Waals surface area contributed by atoms with Gasteiger partial charge in [0.25, 0.3) is 0 Å². The fourth-order valence-electron chi connectivity index (χ4n) is 4.61. The highest BCUT2D eigenvalue weighted by molar-refractivity contribution is 5.94. The molecule has 0 aromatic rings. The highest BCUT2D eigenvalue weighted by atomic mass is 16.5. The number of allylic oxidation sites excluding steroid dienone is 6. The largest absolute Gasteiger partial charge is 0.462 e. The summed E-state index contributed by atoms with van der Waals surface area (Å²) in [5.41, 5.74) is 9.71. The van der Waals surface area contributed by atoms with Gasteiger partial charge in [0.15, 0.2) is 0 Å². The Labute approximate surface area is 209 Å². The minimum Gasteiger partial charge on any atom is -0.462 e. The van der Waals surface area contributed by atoms with Crippen molar-refractivity contribution in [1.29, 1.82) is 5.26 Å². The zero-order chi connectivity index (χ0) is 26.2. The molecule has 2 aliphatic rings. The predicted octanol–water partition coefficient (Wildman–Crippen LogP) is 3.73. The maximum Gasteiger partial charge on any atom is 0.354 e. The monoisotopic (exact) mass is 484 g/mol. The fourth-order valence-corrected chi connectivity index (χ4v) is 4.61. The fraction of sp³-hybridized carbons (Fsp3) is 0.593. The van der Waals surface area contributed by atoms with E-state index in [1.54, 1.807) is 13.8 Å². The van der Waals surface area contributed by atoms with Gasteiger partial charge in [-0.25, -0.2) is 9.59 Å². The van der Waals surface area contributed by atoms with Crippen LogP contribution < -0.4 is 16.4 Å². The Morgan fingerprint density at radius 3 is 1.83 bits per heavy atom. The SMILES string of the molecule is CCOC(=O)/C(N)=C1/C=C(NCCNC2=C/C(=C(/C#N)C(=O)OCC)CC(C)(C)C2)CC(C)(C)C1. The number of carbonyl (C=O) groups excluding carboxylic acids is 2. The van der Waals surface area contributed by atoms with Crippen molar-refractivity contribution in [3.63, 3.8) is 0 Å². The maximum absolute atomic E-state index is 12.2. The molecular weight excluding hydrogens is 444 g/mol. The highest BCUT2D eigenvalue weighted by Crippen LogP contribution is 2.39. The summed E-state index contributed by atoms with van der Waals surface area (Å²) >= 11 is 0. The third kappa shape index (κ3) is 8.20. The van der Waals surface area contributed by atoms with E-state index in [0.717, 1.165) is 29.8 Å². The normalized spacial score (nSPS) is 21.5. The number of nitriles is 1. The Bertz CT molecular complexity index is 993. The van der Waals surface area contributed by atoms with Crippen LogP contribution in [0.4, 0.5) is 0 Å². The van der Waals surface area contributed by atoms with Crippen molar-refractivity contribution in [2.75, 3.05) is 26.3 Å². The number of ether oxygens (including phenoxy) is 2. The second-order valence-electron chi connectivity index (χ2n) is 10.6. The second-order valence-corrected chi connectivity index (χ2v) is 10.6. The van der Waals surface area contributed by atoms with Gasteiger partial charge in [-0.05, 0) is 73.7 Å². The Kier molecular flexibility index (Phi) is 9.58. The first kappa shape index (κ1) is 28.0. The molecule has 35 heavy (non-hydrogen) atoms. The van der Waals surface area contributed by atoms with E-state index in [1.807, 2.05) is 18.2 Å². The number of hydrogen-bond acceptors (Lipinski definition) is 8. The second kappa shape index (κ2) is 12.0. The van der Waals surface area contributed by atoms with E-state index in [9.17, 15) is 14.9 Å². The number of hydrogen-bond donors (Lipinski definition) is 3. The van der Waals surface area contributed by atoms with Crippen LogP contribution in [0.1, 0.15) is 67.2 Å². The molecule has 4 N–H and O–H groups in total. The third-order valence-electron chi connectivity index (χ3n) is 5.96. The Morgan fingerprint density at radius 1 is 0.886 bits per heavy atom. The van der Waals surface area contributed by atoms with Crippen molar-refractivity contribution in [1.82, 2.24) is 10.6 Å². The van der Waals surface area contributed by atoms with Gasteiger partial charge in [0.05, 0.1) is 13.2 Å². The van der Waals surface area contributed by atoms with Gasteiger partial charge in [-0.1, -0.05) is 27.7 Å². The molecule has 0 radical (unpaired) electrons. The average Bonchev–Trinajstić information content (AvgIpc) is 2.75. The van der Waals surface area contributed by atoms with Gasteiger partial charge in [-0.3, -0.25) is 0 Å². The number of nitrogens with one attached hydrogen (secondary N) is 2. The minimum atomic E-state index is -0.572. The highest BCUT2D eigenvalue weighted by Gasteiger charge is 2.30.